The lowest BCUT2D eigenvalue weighted by Gasteiger charge is -2.32. The normalized spacial score (nSPS) is 28.0. The number of carboxylic acid groups (broad SMARTS) is 1. The maximum atomic E-state index is 12.8. The smallest absolute Gasteiger partial charge is 0.326 e. The zero-order valence-electron chi connectivity index (χ0n) is 13.0. The lowest BCUT2D eigenvalue weighted by Crippen LogP contribution is -2.46. The highest BCUT2D eigenvalue weighted by atomic mass is 16.5. The number of aliphatic carboxylic acids is 1. The van der Waals surface area contributed by atoms with E-state index < -0.39 is 12.0 Å². The summed E-state index contributed by atoms with van der Waals surface area (Å²) in [6, 6.07) is 0.934. The molecule has 0 radical (unpaired) electrons. The van der Waals surface area contributed by atoms with Crippen molar-refractivity contribution in [2.24, 2.45) is 5.92 Å². The van der Waals surface area contributed by atoms with E-state index in [1.165, 1.54) is 0 Å². The maximum Gasteiger partial charge on any atom is 0.326 e. The number of hydrogen-bond acceptors (Lipinski definition) is 4. The topological polar surface area (TPSA) is 83.6 Å². The molecule has 1 aromatic heterocycles. The van der Waals surface area contributed by atoms with E-state index in [1.807, 2.05) is 13.8 Å². The van der Waals surface area contributed by atoms with Crippen molar-refractivity contribution in [3.63, 3.8) is 0 Å². The summed E-state index contributed by atoms with van der Waals surface area (Å²) in [5, 5.41) is 13.3. The third kappa shape index (κ3) is 2.51. The Kier molecular flexibility index (Phi) is 3.93. The van der Waals surface area contributed by atoms with Gasteiger partial charge < -0.3 is 14.5 Å². The van der Waals surface area contributed by atoms with Crippen molar-refractivity contribution in [3.8, 4) is 0 Å². The Morgan fingerprint density at radius 3 is 2.73 bits per heavy atom. The number of hydrogen-bond donors (Lipinski definition) is 1. The van der Waals surface area contributed by atoms with Crippen LogP contribution < -0.4 is 0 Å². The van der Waals surface area contributed by atoms with E-state index in [4.69, 9.17) is 4.52 Å². The van der Waals surface area contributed by atoms with E-state index in [0.29, 0.717) is 18.1 Å². The van der Waals surface area contributed by atoms with Crippen LogP contribution >= 0.6 is 0 Å². The van der Waals surface area contributed by atoms with E-state index >= 15 is 0 Å². The van der Waals surface area contributed by atoms with Crippen LogP contribution in [0.25, 0.3) is 0 Å². The standard InChI is InChI=1S/C16H22N2O4/c1-9(2)14-8-11(17-22-14)15(19)18-12-6-4-3-5-10(12)7-13(18)16(20)21/h8-10,12-13H,3-7H2,1-2H3,(H,20,21). The number of amides is 1. The molecule has 6 heteroatoms. The first-order valence-corrected chi connectivity index (χ1v) is 8.01. The van der Waals surface area contributed by atoms with Crippen molar-refractivity contribution in [2.45, 2.75) is 64.0 Å². The molecule has 1 amide bonds. The number of likely N-dealkylation sites (tertiary alicyclic amines) is 1. The SMILES string of the molecule is CC(C)c1cc(C(=O)N2C(C(=O)O)CC3CCCCC32)no1. The Bertz CT molecular complexity index is 580. The van der Waals surface area contributed by atoms with E-state index in [-0.39, 0.29) is 23.6 Å². The van der Waals surface area contributed by atoms with Crippen LogP contribution in [0.15, 0.2) is 10.6 Å². The molecule has 120 valence electrons. The van der Waals surface area contributed by atoms with Gasteiger partial charge in [-0.25, -0.2) is 4.79 Å². The Morgan fingerprint density at radius 1 is 1.36 bits per heavy atom. The third-order valence-corrected chi connectivity index (χ3v) is 4.92. The van der Waals surface area contributed by atoms with Crippen molar-refractivity contribution in [1.29, 1.82) is 0 Å². The van der Waals surface area contributed by atoms with Crippen LogP contribution in [0.2, 0.25) is 0 Å². The number of nitrogens with zero attached hydrogens (tertiary/aromatic N) is 2. The van der Waals surface area contributed by atoms with Gasteiger partial charge in [-0.15, -0.1) is 0 Å². The summed E-state index contributed by atoms with van der Waals surface area (Å²) in [6.07, 6.45) is 4.62. The summed E-state index contributed by atoms with van der Waals surface area (Å²) >= 11 is 0. The fourth-order valence-electron chi connectivity index (χ4n) is 3.77. The second-order valence-corrected chi connectivity index (χ2v) is 6.68. The van der Waals surface area contributed by atoms with Crippen LogP contribution in [0.3, 0.4) is 0 Å². The molecule has 1 aliphatic heterocycles. The van der Waals surface area contributed by atoms with Crippen LogP contribution in [-0.2, 0) is 4.79 Å². The van der Waals surface area contributed by atoms with E-state index in [0.717, 1.165) is 25.7 Å². The highest BCUT2D eigenvalue weighted by Crippen LogP contribution is 2.40. The lowest BCUT2D eigenvalue weighted by molar-refractivity contribution is -0.141. The molecule has 2 heterocycles. The molecule has 1 N–H and O–H groups in total. The van der Waals surface area contributed by atoms with Gasteiger partial charge in [0.05, 0.1) is 0 Å². The zero-order valence-corrected chi connectivity index (χ0v) is 13.0. The minimum Gasteiger partial charge on any atom is -0.480 e. The molecule has 0 bridgehead atoms. The molecule has 6 nitrogen and oxygen atoms in total. The summed E-state index contributed by atoms with van der Waals surface area (Å²) < 4.78 is 5.19. The molecular formula is C16H22N2O4. The minimum atomic E-state index is -0.921. The van der Waals surface area contributed by atoms with E-state index in [1.54, 1.807) is 11.0 Å². The predicted molar refractivity (Wildman–Crippen MR) is 78.5 cm³/mol. The minimum absolute atomic E-state index is 0.0292. The summed E-state index contributed by atoms with van der Waals surface area (Å²) in [5.41, 5.74) is 0.223. The highest BCUT2D eigenvalue weighted by Gasteiger charge is 2.48. The van der Waals surface area contributed by atoms with Gasteiger partial charge in [0.15, 0.2) is 5.69 Å². The van der Waals surface area contributed by atoms with Gasteiger partial charge in [-0.1, -0.05) is 31.8 Å². The number of rotatable bonds is 3. The molecule has 3 unspecified atom stereocenters. The van der Waals surface area contributed by atoms with Gasteiger partial charge in [-0.3, -0.25) is 4.79 Å². The van der Waals surface area contributed by atoms with Crippen LogP contribution in [0.5, 0.6) is 0 Å². The van der Waals surface area contributed by atoms with Crippen molar-refractivity contribution < 1.29 is 19.2 Å². The van der Waals surface area contributed by atoms with E-state index in [9.17, 15) is 14.7 Å². The van der Waals surface area contributed by atoms with Crippen molar-refractivity contribution in [1.82, 2.24) is 10.1 Å². The molecule has 2 fully saturated rings. The first-order valence-electron chi connectivity index (χ1n) is 8.01. The third-order valence-electron chi connectivity index (χ3n) is 4.92. The molecule has 0 spiro atoms. The molecule has 1 aromatic rings. The second kappa shape index (κ2) is 5.74. The summed E-state index contributed by atoms with van der Waals surface area (Å²) in [6.45, 7) is 3.92. The van der Waals surface area contributed by atoms with Crippen LogP contribution in [0.1, 0.15) is 68.1 Å². The van der Waals surface area contributed by atoms with Crippen molar-refractivity contribution in [3.05, 3.63) is 17.5 Å². The van der Waals surface area contributed by atoms with Gasteiger partial charge in [0.25, 0.3) is 5.91 Å². The molecule has 2 aliphatic rings. The molecule has 1 saturated carbocycles. The van der Waals surface area contributed by atoms with Crippen LogP contribution in [-0.4, -0.2) is 39.1 Å². The fourth-order valence-corrected chi connectivity index (χ4v) is 3.77. The van der Waals surface area contributed by atoms with E-state index in [2.05, 4.69) is 5.16 Å². The average molecular weight is 306 g/mol. The molecule has 1 saturated heterocycles. The molecule has 1 aliphatic carbocycles. The quantitative estimate of drug-likeness (QED) is 0.928. The van der Waals surface area contributed by atoms with Gasteiger partial charge in [0.1, 0.15) is 11.8 Å². The molecule has 3 rings (SSSR count). The number of carbonyl (C=O) groups is 2. The average Bonchev–Trinajstić information content (AvgIpc) is 3.11. The first-order chi connectivity index (χ1) is 10.5. The summed E-state index contributed by atoms with van der Waals surface area (Å²) in [7, 11) is 0. The predicted octanol–water partition coefficient (Wildman–Crippen LogP) is 2.66. The van der Waals surface area contributed by atoms with Crippen molar-refractivity contribution in [2.75, 3.05) is 0 Å². The van der Waals surface area contributed by atoms with Crippen molar-refractivity contribution >= 4 is 11.9 Å². The second-order valence-electron chi connectivity index (χ2n) is 6.68. The Morgan fingerprint density at radius 2 is 2.09 bits per heavy atom. The molecular weight excluding hydrogens is 284 g/mol. The number of aromatic nitrogens is 1. The molecule has 22 heavy (non-hydrogen) atoms. The Hall–Kier alpha value is -1.85. The van der Waals surface area contributed by atoms with Crippen LogP contribution in [0.4, 0.5) is 0 Å². The van der Waals surface area contributed by atoms with Crippen LogP contribution in [0, 0.1) is 5.92 Å². The Labute approximate surface area is 129 Å². The Balaban J connectivity index is 1.88. The zero-order chi connectivity index (χ0) is 15.9. The van der Waals surface area contributed by atoms with Gasteiger partial charge in [-0.2, -0.15) is 0 Å². The number of fused-ring (bicyclic) bond motifs is 1. The van der Waals surface area contributed by atoms with Gasteiger partial charge in [0.2, 0.25) is 0 Å². The highest BCUT2D eigenvalue weighted by molar-refractivity contribution is 5.95. The monoisotopic (exact) mass is 306 g/mol. The summed E-state index contributed by atoms with van der Waals surface area (Å²) in [4.78, 5) is 25.9. The molecule has 0 aromatic carbocycles. The van der Waals surface area contributed by atoms with Gasteiger partial charge >= 0.3 is 5.97 Å². The summed E-state index contributed by atoms with van der Waals surface area (Å²) in [5.74, 6) is -0.136. The molecule has 3 atom stereocenters. The van der Waals surface area contributed by atoms with Gasteiger partial charge in [-0.05, 0) is 25.2 Å². The maximum absolute atomic E-state index is 12.8. The van der Waals surface area contributed by atoms with Gasteiger partial charge in [0, 0.05) is 18.0 Å². The largest absolute Gasteiger partial charge is 0.480 e. The number of carbonyl (C=O) groups excluding carboxylic acids is 1. The fraction of sp³-hybridized carbons (Fsp3) is 0.688. The first kappa shape index (κ1) is 15.1. The lowest BCUT2D eigenvalue weighted by atomic mass is 9.84. The number of carboxylic acids is 1.